The minimum absolute atomic E-state index is 0.484. The van der Waals surface area contributed by atoms with Gasteiger partial charge in [-0.05, 0) is 48.5 Å². The standard InChI is InChI=1S/C11H16IN3O/c12-10-8-13-11(14-9-10)16-7-6-15-4-2-1-3-5-15/h8-9H,1-7H2. The van der Waals surface area contributed by atoms with Crippen LogP contribution in [0.3, 0.4) is 0 Å². The third-order valence-electron chi connectivity index (χ3n) is 2.68. The lowest BCUT2D eigenvalue weighted by Gasteiger charge is -2.25. The van der Waals surface area contributed by atoms with Gasteiger partial charge >= 0.3 is 6.01 Å². The van der Waals surface area contributed by atoms with Crippen molar-refractivity contribution in [2.24, 2.45) is 0 Å². The maximum Gasteiger partial charge on any atom is 0.316 e. The fourth-order valence-electron chi connectivity index (χ4n) is 1.82. The lowest BCUT2D eigenvalue weighted by Crippen LogP contribution is -2.33. The Bertz CT molecular complexity index is 312. The minimum Gasteiger partial charge on any atom is -0.462 e. The van der Waals surface area contributed by atoms with Crippen LogP contribution in [-0.4, -0.2) is 41.1 Å². The SMILES string of the molecule is Ic1cnc(OCCN2CCCCC2)nc1. The topological polar surface area (TPSA) is 38.2 Å². The summed E-state index contributed by atoms with van der Waals surface area (Å²) in [5.41, 5.74) is 0. The molecule has 1 saturated heterocycles. The molecule has 0 unspecified atom stereocenters. The predicted octanol–water partition coefficient (Wildman–Crippen LogP) is 1.95. The summed E-state index contributed by atoms with van der Waals surface area (Å²) in [6.45, 7) is 4.07. The van der Waals surface area contributed by atoms with Crippen LogP contribution in [-0.2, 0) is 0 Å². The monoisotopic (exact) mass is 333 g/mol. The van der Waals surface area contributed by atoms with Crippen molar-refractivity contribution in [3.63, 3.8) is 0 Å². The van der Waals surface area contributed by atoms with E-state index in [1.54, 1.807) is 12.4 Å². The van der Waals surface area contributed by atoms with Gasteiger partial charge in [-0.25, -0.2) is 9.97 Å². The van der Waals surface area contributed by atoms with Gasteiger partial charge in [0.1, 0.15) is 6.61 Å². The second-order valence-electron chi connectivity index (χ2n) is 3.93. The highest BCUT2D eigenvalue weighted by Crippen LogP contribution is 2.08. The first-order chi connectivity index (χ1) is 7.84. The van der Waals surface area contributed by atoms with E-state index in [0.717, 1.165) is 10.1 Å². The number of piperidine rings is 1. The van der Waals surface area contributed by atoms with Gasteiger partial charge < -0.3 is 4.74 Å². The van der Waals surface area contributed by atoms with Gasteiger partial charge in [0.25, 0.3) is 0 Å². The van der Waals surface area contributed by atoms with Crippen molar-refractivity contribution in [2.75, 3.05) is 26.2 Å². The smallest absolute Gasteiger partial charge is 0.316 e. The molecular weight excluding hydrogens is 317 g/mol. The maximum absolute atomic E-state index is 5.50. The molecule has 16 heavy (non-hydrogen) atoms. The van der Waals surface area contributed by atoms with Crippen LogP contribution in [0.2, 0.25) is 0 Å². The van der Waals surface area contributed by atoms with Crippen molar-refractivity contribution in [3.05, 3.63) is 16.0 Å². The summed E-state index contributed by atoms with van der Waals surface area (Å²) >= 11 is 2.18. The Balaban J connectivity index is 1.69. The van der Waals surface area contributed by atoms with Gasteiger partial charge in [-0.1, -0.05) is 6.42 Å². The number of ether oxygens (including phenoxy) is 1. The van der Waals surface area contributed by atoms with Gasteiger partial charge in [-0.3, -0.25) is 4.90 Å². The van der Waals surface area contributed by atoms with Gasteiger partial charge in [0.15, 0.2) is 0 Å². The zero-order valence-electron chi connectivity index (χ0n) is 9.23. The third kappa shape index (κ3) is 3.86. The zero-order valence-corrected chi connectivity index (χ0v) is 11.4. The molecular formula is C11H16IN3O. The number of rotatable bonds is 4. The van der Waals surface area contributed by atoms with E-state index in [2.05, 4.69) is 37.5 Å². The molecule has 0 radical (unpaired) electrons. The van der Waals surface area contributed by atoms with E-state index in [-0.39, 0.29) is 0 Å². The van der Waals surface area contributed by atoms with Crippen LogP contribution in [0, 0.1) is 3.57 Å². The van der Waals surface area contributed by atoms with Crippen LogP contribution in [0.1, 0.15) is 19.3 Å². The van der Waals surface area contributed by atoms with E-state index in [4.69, 9.17) is 4.74 Å². The van der Waals surface area contributed by atoms with Crippen LogP contribution in [0.15, 0.2) is 12.4 Å². The summed E-state index contributed by atoms with van der Waals surface area (Å²) in [6.07, 6.45) is 7.55. The van der Waals surface area contributed by atoms with Crippen molar-refractivity contribution in [2.45, 2.75) is 19.3 Å². The van der Waals surface area contributed by atoms with Crippen LogP contribution >= 0.6 is 22.6 Å². The Morgan fingerprint density at radius 3 is 2.56 bits per heavy atom. The summed E-state index contributed by atoms with van der Waals surface area (Å²) in [7, 11) is 0. The van der Waals surface area contributed by atoms with Gasteiger partial charge in [0.2, 0.25) is 0 Å². The average Bonchev–Trinajstić information content (AvgIpc) is 2.33. The Kier molecular flexibility index (Phi) is 4.77. The second kappa shape index (κ2) is 6.34. The van der Waals surface area contributed by atoms with Crippen LogP contribution in [0.4, 0.5) is 0 Å². The summed E-state index contributed by atoms with van der Waals surface area (Å²) in [6, 6.07) is 0.484. The molecule has 0 N–H and O–H groups in total. The van der Waals surface area contributed by atoms with Gasteiger partial charge in [-0.2, -0.15) is 0 Å². The fourth-order valence-corrected chi connectivity index (χ4v) is 2.10. The lowest BCUT2D eigenvalue weighted by atomic mass is 10.1. The van der Waals surface area contributed by atoms with E-state index in [0.29, 0.717) is 12.6 Å². The van der Waals surface area contributed by atoms with Crippen LogP contribution < -0.4 is 4.74 Å². The first kappa shape index (κ1) is 12.0. The summed E-state index contributed by atoms with van der Waals surface area (Å²) in [5, 5.41) is 0. The first-order valence-corrected chi connectivity index (χ1v) is 6.75. The van der Waals surface area contributed by atoms with E-state index in [1.807, 2.05) is 0 Å². The van der Waals surface area contributed by atoms with Gasteiger partial charge in [0, 0.05) is 22.5 Å². The number of likely N-dealkylation sites (tertiary alicyclic amines) is 1. The molecule has 2 heterocycles. The summed E-state index contributed by atoms with van der Waals surface area (Å²) < 4.78 is 6.53. The molecule has 1 fully saturated rings. The number of hydrogen-bond donors (Lipinski definition) is 0. The van der Waals surface area contributed by atoms with E-state index < -0.39 is 0 Å². The summed E-state index contributed by atoms with van der Waals surface area (Å²) in [5.74, 6) is 0. The lowest BCUT2D eigenvalue weighted by molar-refractivity contribution is 0.177. The highest BCUT2D eigenvalue weighted by atomic mass is 127. The maximum atomic E-state index is 5.50. The average molecular weight is 333 g/mol. The van der Waals surface area contributed by atoms with E-state index in [9.17, 15) is 0 Å². The normalized spacial score (nSPS) is 17.3. The quantitative estimate of drug-likeness (QED) is 0.790. The Morgan fingerprint density at radius 2 is 1.88 bits per heavy atom. The molecule has 1 aromatic rings. The fraction of sp³-hybridized carbons (Fsp3) is 0.636. The van der Waals surface area contributed by atoms with Gasteiger partial charge in [0.05, 0.1) is 0 Å². The second-order valence-corrected chi connectivity index (χ2v) is 5.18. The molecule has 4 nitrogen and oxygen atoms in total. The first-order valence-electron chi connectivity index (χ1n) is 5.67. The molecule has 0 atom stereocenters. The molecule has 0 aliphatic carbocycles. The number of halogens is 1. The highest BCUT2D eigenvalue weighted by molar-refractivity contribution is 14.1. The largest absolute Gasteiger partial charge is 0.462 e. The predicted molar refractivity (Wildman–Crippen MR) is 70.5 cm³/mol. The molecule has 0 saturated carbocycles. The summed E-state index contributed by atoms with van der Waals surface area (Å²) in [4.78, 5) is 10.6. The molecule has 0 aromatic carbocycles. The number of aromatic nitrogens is 2. The third-order valence-corrected chi connectivity index (χ3v) is 3.24. The zero-order chi connectivity index (χ0) is 11.2. The molecule has 1 aromatic heterocycles. The van der Waals surface area contributed by atoms with Crippen LogP contribution in [0.5, 0.6) is 6.01 Å². The molecule has 0 spiro atoms. The van der Waals surface area contributed by atoms with Crippen molar-refractivity contribution in [3.8, 4) is 6.01 Å². The van der Waals surface area contributed by atoms with E-state index >= 15 is 0 Å². The minimum atomic E-state index is 0.484. The molecule has 88 valence electrons. The molecule has 2 rings (SSSR count). The Labute approximate surface area is 110 Å². The van der Waals surface area contributed by atoms with Crippen molar-refractivity contribution in [1.82, 2.24) is 14.9 Å². The number of hydrogen-bond acceptors (Lipinski definition) is 4. The molecule has 0 amide bonds. The van der Waals surface area contributed by atoms with Crippen molar-refractivity contribution in [1.29, 1.82) is 0 Å². The van der Waals surface area contributed by atoms with Crippen LogP contribution in [0.25, 0.3) is 0 Å². The van der Waals surface area contributed by atoms with Gasteiger partial charge in [-0.15, -0.1) is 0 Å². The molecule has 1 aliphatic rings. The Morgan fingerprint density at radius 1 is 1.19 bits per heavy atom. The van der Waals surface area contributed by atoms with E-state index in [1.165, 1.54) is 32.4 Å². The molecule has 0 bridgehead atoms. The van der Waals surface area contributed by atoms with Crippen molar-refractivity contribution >= 4 is 22.6 Å². The highest BCUT2D eigenvalue weighted by Gasteiger charge is 2.09. The number of nitrogens with zero attached hydrogens (tertiary/aromatic N) is 3. The Hall–Kier alpha value is -0.430. The molecule has 1 aliphatic heterocycles. The van der Waals surface area contributed by atoms with Crippen molar-refractivity contribution < 1.29 is 4.74 Å². The molecule has 5 heteroatoms.